The predicted octanol–water partition coefficient (Wildman–Crippen LogP) is 5.45. The van der Waals surface area contributed by atoms with Gasteiger partial charge in [0.15, 0.2) is 5.76 Å². The quantitative estimate of drug-likeness (QED) is 0.369. The van der Waals surface area contributed by atoms with Gasteiger partial charge in [-0.2, -0.15) is 0 Å². The van der Waals surface area contributed by atoms with E-state index < -0.39 is 0 Å². The Morgan fingerprint density at radius 1 is 1.04 bits per heavy atom. The Kier molecular flexibility index (Phi) is 3.81. The molecule has 0 unspecified atom stereocenters. The fourth-order valence-corrected chi connectivity index (χ4v) is 3.16. The second-order valence-electron chi connectivity index (χ2n) is 5.28. The molecule has 0 saturated carbocycles. The van der Waals surface area contributed by atoms with Crippen LogP contribution in [-0.4, -0.2) is 10.8 Å². The second-order valence-corrected chi connectivity index (χ2v) is 6.17. The lowest BCUT2D eigenvalue weighted by Gasteiger charge is -1.93. The molecule has 2 aromatic carbocycles. The Bertz CT molecular complexity index is 995. The smallest absolute Gasteiger partial charge is 0.221 e. The van der Waals surface area contributed by atoms with Crippen molar-refractivity contribution in [2.24, 2.45) is 0 Å². The number of hydrogen-bond acceptors (Lipinski definition) is 4. The van der Waals surface area contributed by atoms with Crippen LogP contribution < -0.4 is 0 Å². The molecule has 0 amide bonds. The van der Waals surface area contributed by atoms with Crippen molar-refractivity contribution in [2.75, 3.05) is 0 Å². The molecule has 2 heterocycles. The molecule has 0 aliphatic rings. The van der Waals surface area contributed by atoms with Crippen molar-refractivity contribution >= 4 is 34.2 Å². The van der Waals surface area contributed by atoms with Crippen LogP contribution in [0, 0.1) is 0 Å². The van der Waals surface area contributed by atoms with Crippen LogP contribution in [0.3, 0.4) is 0 Å². The standard InChI is InChI=1S/C20H13NO2S/c22-17(19-12-15-8-4-5-9-18(15)23-19)10-11-20-21-16(13-24-20)14-6-2-1-3-7-14/h1-13H/b11-10+. The largest absolute Gasteiger partial charge is 0.453 e. The number of furan rings is 1. The Balaban J connectivity index is 1.54. The van der Waals surface area contributed by atoms with Crippen LogP contribution in [0.25, 0.3) is 28.3 Å². The number of carbonyl (C=O) groups excluding carboxylic acids is 1. The molecule has 2 aromatic heterocycles. The lowest BCUT2D eigenvalue weighted by Crippen LogP contribution is -1.90. The molecule has 4 aromatic rings. The minimum absolute atomic E-state index is 0.164. The van der Waals surface area contributed by atoms with Crippen LogP contribution in [0.1, 0.15) is 15.6 Å². The highest BCUT2D eigenvalue weighted by molar-refractivity contribution is 7.10. The maximum absolute atomic E-state index is 12.3. The molecular formula is C20H13NO2S. The van der Waals surface area contributed by atoms with Crippen LogP contribution in [-0.2, 0) is 0 Å². The number of nitrogens with zero attached hydrogens (tertiary/aromatic N) is 1. The molecule has 0 radical (unpaired) electrons. The fourth-order valence-electron chi connectivity index (χ4n) is 2.44. The number of rotatable bonds is 4. The van der Waals surface area contributed by atoms with Gasteiger partial charge in [-0.15, -0.1) is 11.3 Å². The lowest BCUT2D eigenvalue weighted by molar-refractivity contribution is 0.102. The van der Waals surface area contributed by atoms with E-state index in [0.29, 0.717) is 5.76 Å². The van der Waals surface area contributed by atoms with Gasteiger partial charge in [0, 0.05) is 16.3 Å². The molecule has 0 aliphatic carbocycles. The van der Waals surface area contributed by atoms with Crippen LogP contribution in [0.4, 0.5) is 0 Å². The van der Waals surface area contributed by atoms with Gasteiger partial charge in [-0.25, -0.2) is 4.98 Å². The molecule has 116 valence electrons. The summed E-state index contributed by atoms with van der Waals surface area (Å²) in [5, 5.41) is 3.70. The summed E-state index contributed by atoms with van der Waals surface area (Å²) < 4.78 is 5.57. The van der Waals surface area contributed by atoms with Crippen LogP contribution in [0.15, 0.2) is 76.5 Å². The number of allylic oxidation sites excluding steroid dienone is 1. The highest BCUT2D eigenvalue weighted by Gasteiger charge is 2.09. The summed E-state index contributed by atoms with van der Waals surface area (Å²) in [5.41, 5.74) is 2.70. The van der Waals surface area contributed by atoms with E-state index in [4.69, 9.17) is 4.42 Å². The molecule has 4 rings (SSSR count). The van der Waals surface area contributed by atoms with E-state index in [1.165, 1.54) is 17.4 Å². The molecule has 24 heavy (non-hydrogen) atoms. The van der Waals surface area contributed by atoms with Gasteiger partial charge in [-0.1, -0.05) is 48.5 Å². The van der Waals surface area contributed by atoms with Crippen molar-refractivity contribution in [2.45, 2.75) is 0 Å². The SMILES string of the molecule is O=C(/C=C/c1nc(-c2ccccc2)cs1)c1cc2ccccc2o1. The van der Waals surface area contributed by atoms with E-state index in [2.05, 4.69) is 4.98 Å². The summed E-state index contributed by atoms with van der Waals surface area (Å²) in [6.07, 6.45) is 3.23. The zero-order chi connectivity index (χ0) is 16.4. The molecule has 0 N–H and O–H groups in total. The lowest BCUT2D eigenvalue weighted by atomic mass is 10.2. The number of fused-ring (bicyclic) bond motifs is 1. The highest BCUT2D eigenvalue weighted by atomic mass is 32.1. The summed E-state index contributed by atoms with van der Waals surface area (Å²) >= 11 is 1.51. The molecule has 0 atom stereocenters. The zero-order valence-electron chi connectivity index (χ0n) is 12.7. The van der Waals surface area contributed by atoms with Crippen LogP contribution in [0.2, 0.25) is 0 Å². The molecule has 0 spiro atoms. The Morgan fingerprint density at radius 2 is 1.83 bits per heavy atom. The first-order chi connectivity index (χ1) is 11.8. The summed E-state index contributed by atoms with van der Waals surface area (Å²) in [4.78, 5) is 16.8. The monoisotopic (exact) mass is 331 g/mol. The van der Waals surface area contributed by atoms with E-state index in [1.54, 1.807) is 12.1 Å². The van der Waals surface area contributed by atoms with Crippen molar-refractivity contribution in [3.63, 3.8) is 0 Å². The Morgan fingerprint density at radius 3 is 2.67 bits per heavy atom. The minimum atomic E-state index is -0.164. The molecule has 3 nitrogen and oxygen atoms in total. The molecule has 4 heteroatoms. The van der Waals surface area contributed by atoms with Crippen LogP contribution >= 0.6 is 11.3 Å². The van der Waals surface area contributed by atoms with Gasteiger partial charge in [0.2, 0.25) is 5.78 Å². The topological polar surface area (TPSA) is 43.1 Å². The van der Waals surface area contributed by atoms with Gasteiger partial charge in [0.05, 0.1) is 5.69 Å². The number of aromatic nitrogens is 1. The number of ketones is 1. The number of thiazole rings is 1. The van der Waals surface area contributed by atoms with Crippen molar-refractivity contribution in [3.05, 3.63) is 82.9 Å². The van der Waals surface area contributed by atoms with E-state index in [9.17, 15) is 4.79 Å². The van der Waals surface area contributed by atoms with Gasteiger partial charge in [-0.05, 0) is 24.3 Å². The number of benzene rings is 2. The molecule has 0 bridgehead atoms. The molecule has 0 saturated heterocycles. The molecule has 0 aliphatic heterocycles. The molecule has 0 fully saturated rings. The third kappa shape index (κ3) is 2.92. The second kappa shape index (κ2) is 6.26. The van der Waals surface area contributed by atoms with Gasteiger partial charge < -0.3 is 4.42 Å². The minimum Gasteiger partial charge on any atom is -0.453 e. The van der Waals surface area contributed by atoms with Crippen molar-refractivity contribution < 1.29 is 9.21 Å². The maximum atomic E-state index is 12.3. The van der Waals surface area contributed by atoms with Crippen molar-refractivity contribution in [1.82, 2.24) is 4.98 Å². The normalized spacial score (nSPS) is 11.3. The average Bonchev–Trinajstić information content (AvgIpc) is 3.27. The summed E-state index contributed by atoms with van der Waals surface area (Å²) in [5.74, 6) is 0.176. The average molecular weight is 331 g/mol. The van der Waals surface area contributed by atoms with Gasteiger partial charge in [-0.3, -0.25) is 4.79 Å². The maximum Gasteiger partial charge on any atom is 0.221 e. The summed E-state index contributed by atoms with van der Waals surface area (Å²) in [6, 6.07) is 19.3. The molecular weight excluding hydrogens is 318 g/mol. The van der Waals surface area contributed by atoms with Gasteiger partial charge in [0.1, 0.15) is 10.6 Å². The van der Waals surface area contributed by atoms with Crippen molar-refractivity contribution in [3.8, 4) is 11.3 Å². The summed E-state index contributed by atoms with van der Waals surface area (Å²) in [6.45, 7) is 0. The zero-order valence-corrected chi connectivity index (χ0v) is 13.5. The third-order valence-corrected chi connectivity index (χ3v) is 4.45. The van der Waals surface area contributed by atoms with Crippen molar-refractivity contribution in [1.29, 1.82) is 0 Å². The van der Waals surface area contributed by atoms with E-state index >= 15 is 0 Å². The third-order valence-electron chi connectivity index (χ3n) is 3.64. The first-order valence-electron chi connectivity index (χ1n) is 7.51. The first kappa shape index (κ1) is 14.6. The van der Waals surface area contributed by atoms with E-state index in [0.717, 1.165) is 27.2 Å². The van der Waals surface area contributed by atoms with Gasteiger partial charge in [0.25, 0.3) is 0 Å². The first-order valence-corrected chi connectivity index (χ1v) is 8.39. The van der Waals surface area contributed by atoms with Crippen LogP contribution in [0.5, 0.6) is 0 Å². The van der Waals surface area contributed by atoms with Gasteiger partial charge >= 0.3 is 0 Å². The van der Waals surface area contributed by atoms with E-state index in [1.807, 2.05) is 60.0 Å². The predicted molar refractivity (Wildman–Crippen MR) is 97.1 cm³/mol. The van der Waals surface area contributed by atoms with E-state index in [-0.39, 0.29) is 5.78 Å². The number of carbonyl (C=O) groups is 1. The highest BCUT2D eigenvalue weighted by Crippen LogP contribution is 2.23. The summed E-state index contributed by atoms with van der Waals surface area (Å²) in [7, 11) is 0. The Hall–Kier alpha value is -2.98. The number of para-hydroxylation sites is 1. The fraction of sp³-hybridized carbons (Fsp3) is 0. The number of hydrogen-bond donors (Lipinski definition) is 0. The Labute approximate surface area is 142 Å².